The molecule has 1 amide bonds. The number of carbonyl (C=O) groups is 3. The van der Waals surface area contributed by atoms with Crippen LogP contribution in [0.25, 0.3) is 0 Å². The highest BCUT2D eigenvalue weighted by Gasteiger charge is 2.23. The molecule has 0 saturated heterocycles. The van der Waals surface area contributed by atoms with Gasteiger partial charge in [0.25, 0.3) is 0 Å². The van der Waals surface area contributed by atoms with Crippen LogP contribution >= 0.6 is 0 Å². The van der Waals surface area contributed by atoms with E-state index in [1.807, 2.05) is 0 Å². The summed E-state index contributed by atoms with van der Waals surface area (Å²) < 4.78 is 4.42. The summed E-state index contributed by atoms with van der Waals surface area (Å²) in [5.74, 6) is -2.36. The minimum Gasteiger partial charge on any atom is -0.480 e. The molecule has 3 N–H and O–H groups in total. The number of nitrogens with one attached hydrogen (secondary N) is 2. The molecule has 0 spiro atoms. The Kier molecular flexibility index (Phi) is 7.69. The smallest absolute Gasteiger partial charge is 0.326 e. The molecule has 18 heavy (non-hydrogen) atoms. The van der Waals surface area contributed by atoms with Crippen LogP contribution in [0.3, 0.4) is 0 Å². The van der Waals surface area contributed by atoms with E-state index in [-0.39, 0.29) is 24.7 Å². The van der Waals surface area contributed by atoms with Crippen molar-refractivity contribution in [3.8, 4) is 0 Å². The molecule has 0 rings (SSSR count). The average molecular weight is 260 g/mol. The highest BCUT2D eigenvalue weighted by molar-refractivity contribution is 5.85. The fraction of sp³-hybridized carbons (Fsp3) is 0.727. The maximum atomic E-state index is 11.6. The number of carbonyl (C=O) groups excluding carboxylic acids is 2. The van der Waals surface area contributed by atoms with Gasteiger partial charge in [-0.15, -0.1) is 0 Å². The number of hydrogen-bond donors (Lipinski definition) is 3. The third-order valence-corrected chi connectivity index (χ3v) is 2.44. The van der Waals surface area contributed by atoms with Gasteiger partial charge < -0.3 is 20.5 Å². The second-order valence-electron chi connectivity index (χ2n) is 3.97. The van der Waals surface area contributed by atoms with Crippen LogP contribution in [-0.4, -0.2) is 49.7 Å². The molecule has 2 atom stereocenters. The maximum absolute atomic E-state index is 11.6. The standard InChI is InChI=1S/C11H20N2O5/c1-7(6-12-2)10(15)13-8(11(16)17)4-5-9(14)18-3/h7-8,12H,4-6H2,1-3H3,(H,13,15)(H,16,17). The van der Waals surface area contributed by atoms with Gasteiger partial charge in [-0.2, -0.15) is 0 Å². The van der Waals surface area contributed by atoms with E-state index >= 15 is 0 Å². The number of hydrogen-bond acceptors (Lipinski definition) is 5. The Morgan fingerprint density at radius 2 is 1.94 bits per heavy atom. The average Bonchev–Trinajstić information content (AvgIpc) is 2.33. The number of amides is 1. The number of carboxylic acids is 1. The predicted molar refractivity (Wildman–Crippen MR) is 63.9 cm³/mol. The number of rotatable bonds is 8. The molecule has 0 aliphatic heterocycles. The lowest BCUT2D eigenvalue weighted by molar-refractivity contribution is -0.144. The van der Waals surface area contributed by atoms with E-state index in [0.29, 0.717) is 6.54 Å². The molecule has 0 aromatic heterocycles. The van der Waals surface area contributed by atoms with E-state index in [0.717, 1.165) is 0 Å². The second kappa shape index (κ2) is 8.46. The molecule has 7 nitrogen and oxygen atoms in total. The Labute approximate surface area is 106 Å². The van der Waals surface area contributed by atoms with Crippen molar-refractivity contribution in [1.82, 2.24) is 10.6 Å². The Balaban J connectivity index is 4.31. The highest BCUT2D eigenvalue weighted by Crippen LogP contribution is 2.02. The van der Waals surface area contributed by atoms with Gasteiger partial charge in [0.2, 0.25) is 5.91 Å². The molecule has 0 aromatic rings. The van der Waals surface area contributed by atoms with Crippen molar-refractivity contribution in [2.45, 2.75) is 25.8 Å². The topological polar surface area (TPSA) is 105 Å². The summed E-state index contributed by atoms with van der Waals surface area (Å²) in [4.78, 5) is 33.5. The molecular weight excluding hydrogens is 240 g/mol. The van der Waals surface area contributed by atoms with Gasteiger partial charge in [-0.25, -0.2) is 4.79 Å². The molecule has 0 aliphatic carbocycles. The van der Waals surface area contributed by atoms with Gasteiger partial charge in [-0.05, 0) is 13.5 Å². The molecular formula is C11H20N2O5. The summed E-state index contributed by atoms with van der Waals surface area (Å²) in [6.45, 7) is 2.14. The van der Waals surface area contributed by atoms with E-state index in [2.05, 4.69) is 15.4 Å². The van der Waals surface area contributed by atoms with Crippen molar-refractivity contribution < 1.29 is 24.2 Å². The van der Waals surface area contributed by atoms with Crippen molar-refractivity contribution in [2.75, 3.05) is 20.7 Å². The first-order valence-electron chi connectivity index (χ1n) is 5.67. The molecule has 0 saturated carbocycles. The molecule has 2 unspecified atom stereocenters. The van der Waals surface area contributed by atoms with Crippen LogP contribution in [0.15, 0.2) is 0 Å². The number of methoxy groups -OCH3 is 1. The number of ether oxygens (including phenoxy) is 1. The van der Waals surface area contributed by atoms with Crippen LogP contribution in [0.5, 0.6) is 0 Å². The van der Waals surface area contributed by atoms with Crippen LogP contribution in [0.1, 0.15) is 19.8 Å². The number of aliphatic carboxylic acids is 1. The van der Waals surface area contributed by atoms with Crippen LogP contribution in [0, 0.1) is 5.92 Å². The maximum Gasteiger partial charge on any atom is 0.326 e. The van der Waals surface area contributed by atoms with Crippen LogP contribution < -0.4 is 10.6 Å². The predicted octanol–water partition coefficient (Wildman–Crippen LogP) is -0.635. The highest BCUT2D eigenvalue weighted by atomic mass is 16.5. The Hall–Kier alpha value is -1.63. The van der Waals surface area contributed by atoms with Crippen LogP contribution in [0.4, 0.5) is 0 Å². The van der Waals surface area contributed by atoms with E-state index < -0.39 is 18.0 Å². The van der Waals surface area contributed by atoms with E-state index in [9.17, 15) is 14.4 Å². The zero-order valence-corrected chi connectivity index (χ0v) is 10.9. The lowest BCUT2D eigenvalue weighted by atomic mass is 10.1. The molecule has 0 fully saturated rings. The zero-order chi connectivity index (χ0) is 14.1. The molecule has 0 aliphatic rings. The van der Waals surface area contributed by atoms with Gasteiger partial charge in [-0.1, -0.05) is 6.92 Å². The first-order chi connectivity index (χ1) is 8.42. The molecule has 0 heterocycles. The minimum absolute atomic E-state index is 0.0139. The van der Waals surface area contributed by atoms with Gasteiger partial charge in [0.15, 0.2) is 0 Å². The van der Waals surface area contributed by atoms with Gasteiger partial charge >= 0.3 is 11.9 Å². The summed E-state index contributed by atoms with van der Waals surface area (Å²) in [7, 11) is 2.93. The monoisotopic (exact) mass is 260 g/mol. The summed E-state index contributed by atoms with van der Waals surface area (Å²) in [5.41, 5.74) is 0. The Morgan fingerprint density at radius 1 is 1.33 bits per heavy atom. The van der Waals surface area contributed by atoms with Gasteiger partial charge in [0, 0.05) is 18.9 Å². The summed E-state index contributed by atoms with van der Waals surface area (Å²) in [6, 6.07) is -1.07. The van der Waals surface area contributed by atoms with Crippen molar-refractivity contribution >= 4 is 17.8 Å². The van der Waals surface area contributed by atoms with Gasteiger partial charge in [0.1, 0.15) is 6.04 Å². The van der Waals surface area contributed by atoms with Crippen molar-refractivity contribution in [2.24, 2.45) is 5.92 Å². The lowest BCUT2D eigenvalue weighted by Gasteiger charge is -2.17. The number of esters is 1. The third-order valence-electron chi connectivity index (χ3n) is 2.44. The summed E-state index contributed by atoms with van der Waals surface area (Å²) in [5, 5.41) is 14.2. The van der Waals surface area contributed by atoms with E-state index in [1.165, 1.54) is 7.11 Å². The quantitative estimate of drug-likeness (QED) is 0.502. The van der Waals surface area contributed by atoms with Crippen LogP contribution in [-0.2, 0) is 19.1 Å². The van der Waals surface area contributed by atoms with E-state index in [4.69, 9.17) is 5.11 Å². The van der Waals surface area contributed by atoms with Gasteiger partial charge in [0.05, 0.1) is 7.11 Å². The SMILES string of the molecule is CNCC(C)C(=O)NC(CCC(=O)OC)C(=O)O. The fourth-order valence-electron chi connectivity index (χ4n) is 1.33. The second-order valence-corrected chi connectivity index (χ2v) is 3.97. The number of carboxylic acid groups (broad SMARTS) is 1. The van der Waals surface area contributed by atoms with Crippen LogP contribution in [0.2, 0.25) is 0 Å². The zero-order valence-electron chi connectivity index (χ0n) is 10.9. The summed E-state index contributed by atoms with van der Waals surface area (Å²) >= 11 is 0. The largest absolute Gasteiger partial charge is 0.480 e. The minimum atomic E-state index is -1.16. The Bertz CT molecular complexity index is 306. The fourth-order valence-corrected chi connectivity index (χ4v) is 1.33. The molecule has 0 aromatic carbocycles. The summed E-state index contributed by atoms with van der Waals surface area (Å²) in [6.07, 6.45) is -0.0336. The van der Waals surface area contributed by atoms with Crippen molar-refractivity contribution in [3.63, 3.8) is 0 Å². The molecule has 104 valence electrons. The normalized spacial score (nSPS) is 13.5. The molecule has 0 bridgehead atoms. The lowest BCUT2D eigenvalue weighted by Crippen LogP contribution is -2.45. The van der Waals surface area contributed by atoms with Gasteiger partial charge in [-0.3, -0.25) is 9.59 Å². The first kappa shape index (κ1) is 16.4. The molecule has 7 heteroatoms. The first-order valence-corrected chi connectivity index (χ1v) is 5.67. The molecule has 0 radical (unpaired) electrons. The third kappa shape index (κ3) is 6.19. The van der Waals surface area contributed by atoms with Crippen molar-refractivity contribution in [1.29, 1.82) is 0 Å². The van der Waals surface area contributed by atoms with E-state index in [1.54, 1.807) is 14.0 Å². The Morgan fingerprint density at radius 3 is 2.39 bits per heavy atom. The van der Waals surface area contributed by atoms with Crippen molar-refractivity contribution in [3.05, 3.63) is 0 Å².